The summed E-state index contributed by atoms with van der Waals surface area (Å²) in [4.78, 5) is 61.8. The third kappa shape index (κ3) is 7.68. The first-order chi connectivity index (χ1) is 15.2. The Bertz CT molecular complexity index is 939. The summed E-state index contributed by atoms with van der Waals surface area (Å²) < 4.78 is 1.25. The third-order valence-corrected chi connectivity index (χ3v) is 5.17. The average Bonchev–Trinajstić information content (AvgIpc) is 2.72. The number of carboxylic acids is 1. The van der Waals surface area contributed by atoms with Crippen LogP contribution >= 0.6 is 0 Å². The summed E-state index contributed by atoms with van der Waals surface area (Å²) in [6.45, 7) is 4.56. The lowest BCUT2D eigenvalue weighted by molar-refractivity contribution is -0.133. The molecular formula is C22H30N4O6. The molecule has 2 atom stereocenters. The first kappa shape index (κ1) is 24.8. The van der Waals surface area contributed by atoms with E-state index in [1.807, 2.05) is 0 Å². The van der Waals surface area contributed by atoms with E-state index in [9.17, 15) is 24.0 Å². The topological polar surface area (TPSA) is 138 Å². The molecule has 1 aliphatic rings. The maximum absolute atomic E-state index is 12.8. The number of anilines is 1. The highest BCUT2D eigenvalue weighted by Gasteiger charge is 2.23. The van der Waals surface area contributed by atoms with E-state index in [0.717, 1.165) is 18.9 Å². The molecular weight excluding hydrogens is 416 g/mol. The predicted molar refractivity (Wildman–Crippen MR) is 118 cm³/mol. The van der Waals surface area contributed by atoms with Crippen molar-refractivity contribution in [3.63, 3.8) is 0 Å². The lowest BCUT2D eigenvalue weighted by Crippen LogP contribution is -2.44. The summed E-state index contributed by atoms with van der Waals surface area (Å²) >= 11 is 0. The molecule has 1 aliphatic heterocycles. The van der Waals surface area contributed by atoms with Crippen LogP contribution in [0.15, 0.2) is 35.3 Å². The van der Waals surface area contributed by atoms with Crippen molar-refractivity contribution >= 4 is 29.4 Å². The van der Waals surface area contributed by atoms with Gasteiger partial charge in [-0.15, -0.1) is 0 Å². The number of aliphatic carboxylic acids is 1. The van der Waals surface area contributed by atoms with Crippen LogP contribution in [0, 0.1) is 5.92 Å². The Morgan fingerprint density at radius 3 is 2.72 bits per heavy atom. The van der Waals surface area contributed by atoms with Gasteiger partial charge in [-0.2, -0.15) is 0 Å². The molecule has 2 unspecified atom stereocenters. The summed E-state index contributed by atoms with van der Waals surface area (Å²) in [6.07, 6.45) is 6.24. The number of hydrogen-bond donors (Lipinski definition) is 3. The number of allylic oxidation sites excluding steroid dienone is 1. The van der Waals surface area contributed by atoms with Crippen LogP contribution in [-0.4, -0.2) is 57.4 Å². The van der Waals surface area contributed by atoms with Crippen LogP contribution in [0.3, 0.4) is 0 Å². The van der Waals surface area contributed by atoms with E-state index in [1.54, 1.807) is 11.0 Å². The summed E-state index contributed by atoms with van der Waals surface area (Å²) in [5.74, 6) is -1.87. The van der Waals surface area contributed by atoms with Crippen LogP contribution in [0.25, 0.3) is 0 Å². The predicted octanol–water partition coefficient (Wildman–Crippen LogP) is 0.971. The highest BCUT2D eigenvalue weighted by atomic mass is 16.4. The molecule has 1 aromatic heterocycles. The molecule has 0 spiro atoms. The van der Waals surface area contributed by atoms with Crippen molar-refractivity contribution in [1.82, 2.24) is 14.8 Å². The maximum atomic E-state index is 12.8. The smallest absolute Gasteiger partial charge is 0.327 e. The Hall–Kier alpha value is -3.43. The second-order valence-corrected chi connectivity index (χ2v) is 8.00. The summed E-state index contributed by atoms with van der Waals surface area (Å²) in [5.41, 5.74) is -0.527. The SMILES string of the molecule is CC(=O)NC(CCC=CC(=O)O)C(=O)Nc1cccn(CC(=O)N2CCCC(C)C2)c1=O. The monoisotopic (exact) mass is 446 g/mol. The van der Waals surface area contributed by atoms with E-state index in [2.05, 4.69) is 17.6 Å². The Labute approximate surface area is 186 Å². The van der Waals surface area contributed by atoms with E-state index in [4.69, 9.17) is 5.11 Å². The van der Waals surface area contributed by atoms with Crippen LogP contribution in [0.1, 0.15) is 39.5 Å². The first-order valence-corrected chi connectivity index (χ1v) is 10.6. The fourth-order valence-corrected chi connectivity index (χ4v) is 3.60. The van der Waals surface area contributed by atoms with Gasteiger partial charge in [-0.25, -0.2) is 4.79 Å². The zero-order chi connectivity index (χ0) is 23.7. The number of rotatable bonds is 9. The van der Waals surface area contributed by atoms with Crippen molar-refractivity contribution < 1.29 is 24.3 Å². The van der Waals surface area contributed by atoms with Gasteiger partial charge in [0.2, 0.25) is 17.7 Å². The van der Waals surface area contributed by atoms with Gasteiger partial charge in [0.05, 0.1) is 0 Å². The van der Waals surface area contributed by atoms with Crippen molar-refractivity contribution in [3.05, 3.63) is 40.8 Å². The fourth-order valence-electron chi connectivity index (χ4n) is 3.60. The average molecular weight is 447 g/mol. The maximum Gasteiger partial charge on any atom is 0.327 e. The second kappa shape index (κ2) is 11.8. The molecule has 0 saturated carbocycles. The highest BCUT2D eigenvalue weighted by molar-refractivity contribution is 5.96. The van der Waals surface area contributed by atoms with Gasteiger partial charge in [-0.1, -0.05) is 13.0 Å². The zero-order valence-electron chi connectivity index (χ0n) is 18.4. The van der Waals surface area contributed by atoms with E-state index in [1.165, 1.54) is 29.8 Å². The van der Waals surface area contributed by atoms with Crippen molar-refractivity contribution in [2.45, 2.75) is 52.1 Å². The van der Waals surface area contributed by atoms with Gasteiger partial charge < -0.3 is 25.2 Å². The van der Waals surface area contributed by atoms with Crippen LogP contribution in [-0.2, 0) is 25.7 Å². The number of hydrogen-bond acceptors (Lipinski definition) is 5. The quantitative estimate of drug-likeness (QED) is 0.483. The Kier molecular flexibility index (Phi) is 9.18. The van der Waals surface area contributed by atoms with E-state index < -0.39 is 29.4 Å². The van der Waals surface area contributed by atoms with Crippen molar-refractivity contribution in [2.75, 3.05) is 18.4 Å². The zero-order valence-corrected chi connectivity index (χ0v) is 18.4. The first-order valence-electron chi connectivity index (χ1n) is 10.6. The number of nitrogens with one attached hydrogen (secondary N) is 2. The van der Waals surface area contributed by atoms with Gasteiger partial charge in [0.1, 0.15) is 18.3 Å². The van der Waals surface area contributed by atoms with Crippen LogP contribution in [0.5, 0.6) is 0 Å². The molecule has 0 aromatic carbocycles. The lowest BCUT2D eigenvalue weighted by atomic mass is 10.0. The number of aromatic nitrogens is 1. The molecule has 1 saturated heterocycles. The number of likely N-dealkylation sites (tertiary alicyclic amines) is 1. The number of pyridine rings is 1. The molecule has 10 heteroatoms. The second-order valence-electron chi connectivity index (χ2n) is 8.00. The molecule has 0 radical (unpaired) electrons. The summed E-state index contributed by atoms with van der Waals surface area (Å²) in [5, 5.41) is 13.7. The minimum atomic E-state index is -1.11. The number of carbonyl (C=O) groups is 4. The Morgan fingerprint density at radius 2 is 2.06 bits per heavy atom. The molecule has 1 aromatic rings. The minimum Gasteiger partial charge on any atom is -0.478 e. The standard InChI is InChI=1S/C22H30N4O6/c1-15-7-5-11-25(13-15)19(28)14-26-12-6-9-18(22(26)32)24-21(31)17(23-16(2)27)8-3-4-10-20(29)30/h4,6,9-10,12,15,17H,3,5,7-8,11,13-14H2,1-2H3,(H,23,27)(H,24,31)(H,29,30). The lowest BCUT2D eigenvalue weighted by Gasteiger charge is -2.31. The molecule has 174 valence electrons. The van der Waals surface area contributed by atoms with E-state index in [0.29, 0.717) is 19.0 Å². The summed E-state index contributed by atoms with van der Waals surface area (Å²) in [7, 11) is 0. The molecule has 3 amide bonds. The molecule has 2 heterocycles. The number of piperidine rings is 1. The third-order valence-electron chi connectivity index (χ3n) is 5.17. The number of carbonyl (C=O) groups excluding carboxylic acids is 3. The molecule has 3 N–H and O–H groups in total. The Morgan fingerprint density at radius 1 is 1.31 bits per heavy atom. The van der Waals surface area contributed by atoms with Gasteiger partial charge in [-0.3, -0.25) is 19.2 Å². The van der Waals surface area contributed by atoms with Crippen LogP contribution < -0.4 is 16.2 Å². The van der Waals surface area contributed by atoms with Gasteiger partial charge >= 0.3 is 5.97 Å². The van der Waals surface area contributed by atoms with Gasteiger partial charge in [0.15, 0.2) is 0 Å². The van der Waals surface area contributed by atoms with Crippen molar-refractivity contribution in [3.8, 4) is 0 Å². The Balaban J connectivity index is 2.07. The number of nitrogens with zero attached hydrogens (tertiary/aromatic N) is 2. The summed E-state index contributed by atoms with van der Waals surface area (Å²) in [6, 6.07) is 2.04. The van der Waals surface area contributed by atoms with Crippen LogP contribution in [0.4, 0.5) is 5.69 Å². The molecule has 2 rings (SSSR count). The fraction of sp³-hybridized carbons (Fsp3) is 0.500. The largest absolute Gasteiger partial charge is 0.478 e. The van der Waals surface area contributed by atoms with Gasteiger partial charge in [0, 0.05) is 32.3 Å². The molecule has 32 heavy (non-hydrogen) atoms. The van der Waals surface area contributed by atoms with Gasteiger partial charge in [0.25, 0.3) is 5.56 Å². The van der Waals surface area contributed by atoms with E-state index >= 15 is 0 Å². The highest BCUT2D eigenvalue weighted by Crippen LogP contribution is 2.15. The number of amides is 3. The van der Waals surface area contributed by atoms with E-state index in [-0.39, 0.29) is 31.0 Å². The normalized spacial score (nSPS) is 17.1. The molecule has 0 bridgehead atoms. The number of carboxylic acid groups (broad SMARTS) is 1. The minimum absolute atomic E-state index is 0.00579. The molecule has 1 fully saturated rings. The molecule has 10 nitrogen and oxygen atoms in total. The molecule has 0 aliphatic carbocycles. The van der Waals surface area contributed by atoms with Crippen molar-refractivity contribution in [1.29, 1.82) is 0 Å². The van der Waals surface area contributed by atoms with Gasteiger partial charge in [-0.05, 0) is 43.7 Å². The van der Waals surface area contributed by atoms with Crippen LogP contribution in [0.2, 0.25) is 0 Å². The van der Waals surface area contributed by atoms with Crippen molar-refractivity contribution in [2.24, 2.45) is 5.92 Å².